The smallest absolute Gasteiger partial charge is 0.345 e. The molecular formula is C13H17N3O3. The van der Waals surface area contributed by atoms with Gasteiger partial charge in [-0.2, -0.15) is 0 Å². The molecule has 6 nitrogen and oxygen atoms in total. The van der Waals surface area contributed by atoms with Crippen LogP contribution in [-0.4, -0.2) is 34.9 Å². The molecule has 0 amide bonds. The maximum Gasteiger partial charge on any atom is 0.345 e. The van der Waals surface area contributed by atoms with Gasteiger partial charge in [0, 0.05) is 19.3 Å². The number of hydrogen-bond acceptors (Lipinski definition) is 5. The van der Waals surface area contributed by atoms with Crippen LogP contribution in [0.1, 0.15) is 48.9 Å². The van der Waals surface area contributed by atoms with E-state index in [1.165, 1.54) is 10.8 Å². The lowest BCUT2D eigenvalue weighted by Gasteiger charge is -2.25. The Morgan fingerprint density at radius 3 is 3.00 bits per heavy atom. The van der Waals surface area contributed by atoms with Crippen molar-refractivity contribution in [1.82, 2.24) is 9.55 Å². The number of fused-ring (bicyclic) bond motifs is 1. The van der Waals surface area contributed by atoms with Gasteiger partial charge in [0.25, 0.3) is 5.56 Å². The molecule has 6 heteroatoms. The average molecular weight is 263 g/mol. The number of ether oxygens (including phenoxy) is 1. The van der Waals surface area contributed by atoms with E-state index in [2.05, 4.69) is 9.98 Å². The fourth-order valence-corrected chi connectivity index (χ4v) is 2.24. The summed E-state index contributed by atoms with van der Waals surface area (Å²) in [4.78, 5) is 32.4. The Bertz CT molecular complexity index is 589. The van der Waals surface area contributed by atoms with Crippen LogP contribution in [0.2, 0.25) is 0 Å². The molecule has 0 bridgehead atoms. The summed E-state index contributed by atoms with van der Waals surface area (Å²) in [5.41, 5.74) is 0.428. The van der Waals surface area contributed by atoms with Crippen molar-refractivity contribution in [3.63, 3.8) is 0 Å². The van der Waals surface area contributed by atoms with E-state index in [0.29, 0.717) is 5.82 Å². The molecule has 1 aromatic heterocycles. The first-order chi connectivity index (χ1) is 9.10. The summed E-state index contributed by atoms with van der Waals surface area (Å²) in [6.45, 7) is 3.87. The van der Waals surface area contributed by atoms with E-state index >= 15 is 0 Å². The van der Waals surface area contributed by atoms with Gasteiger partial charge in [0.1, 0.15) is 5.56 Å². The van der Waals surface area contributed by atoms with Gasteiger partial charge in [0.15, 0.2) is 5.82 Å². The van der Waals surface area contributed by atoms with Crippen molar-refractivity contribution < 1.29 is 9.53 Å². The highest BCUT2D eigenvalue weighted by molar-refractivity contribution is 5.98. The van der Waals surface area contributed by atoms with Crippen LogP contribution in [0.15, 0.2) is 16.0 Å². The summed E-state index contributed by atoms with van der Waals surface area (Å²) in [6.07, 6.45) is 2.89. The minimum Gasteiger partial charge on any atom is -0.462 e. The van der Waals surface area contributed by atoms with Crippen LogP contribution in [0, 0.1) is 0 Å². The molecule has 0 saturated carbocycles. The van der Waals surface area contributed by atoms with E-state index in [1.54, 1.807) is 14.0 Å². The Balaban J connectivity index is 2.58. The van der Waals surface area contributed by atoms with Gasteiger partial charge in [-0.25, -0.2) is 9.78 Å². The largest absolute Gasteiger partial charge is 0.462 e. The number of aromatic nitrogens is 2. The molecule has 1 aliphatic heterocycles. The second kappa shape index (κ2) is 5.34. The Hall–Kier alpha value is -1.98. The van der Waals surface area contributed by atoms with Crippen LogP contribution < -0.4 is 5.56 Å². The van der Waals surface area contributed by atoms with Crippen molar-refractivity contribution in [1.29, 1.82) is 0 Å². The monoisotopic (exact) mass is 263 g/mol. The summed E-state index contributed by atoms with van der Waals surface area (Å²) < 4.78 is 6.41. The summed E-state index contributed by atoms with van der Waals surface area (Å²) in [7, 11) is 1.68. The van der Waals surface area contributed by atoms with Gasteiger partial charge in [-0.05, 0) is 26.7 Å². The molecule has 1 atom stereocenters. The normalized spacial score (nSPS) is 20.2. The van der Waals surface area contributed by atoms with Crippen molar-refractivity contribution in [2.75, 3.05) is 13.7 Å². The van der Waals surface area contributed by atoms with Gasteiger partial charge < -0.3 is 4.74 Å². The molecule has 0 radical (unpaired) electrons. The minimum atomic E-state index is -0.622. The third kappa shape index (κ3) is 2.30. The molecule has 102 valence electrons. The second-order valence-electron chi connectivity index (χ2n) is 4.45. The van der Waals surface area contributed by atoms with Gasteiger partial charge in [-0.3, -0.25) is 14.4 Å². The van der Waals surface area contributed by atoms with Gasteiger partial charge in [0.2, 0.25) is 0 Å². The third-order valence-electron chi connectivity index (χ3n) is 3.26. The standard InChI is InChI=1S/C13H17N3O3/c1-4-19-13(18)9-7-15-11-10(14-3)6-5-8(2)16(11)12(9)17/h7-8H,4-6H2,1-3H3. The molecule has 0 aromatic carbocycles. The summed E-state index contributed by atoms with van der Waals surface area (Å²) in [6, 6.07) is 0.00914. The van der Waals surface area contributed by atoms with E-state index in [9.17, 15) is 9.59 Å². The highest BCUT2D eigenvalue weighted by Gasteiger charge is 2.26. The Kier molecular flexibility index (Phi) is 3.78. The van der Waals surface area contributed by atoms with Crippen LogP contribution in [0.3, 0.4) is 0 Å². The average Bonchev–Trinajstić information content (AvgIpc) is 2.39. The molecule has 0 saturated heterocycles. The minimum absolute atomic E-state index is 0.00914. The van der Waals surface area contributed by atoms with E-state index in [0.717, 1.165) is 18.6 Å². The molecule has 0 fully saturated rings. The van der Waals surface area contributed by atoms with Crippen LogP contribution in [0.5, 0.6) is 0 Å². The van der Waals surface area contributed by atoms with Crippen molar-refractivity contribution in [2.45, 2.75) is 32.7 Å². The molecular weight excluding hydrogens is 246 g/mol. The lowest BCUT2D eigenvalue weighted by molar-refractivity contribution is 0.0522. The van der Waals surface area contributed by atoms with Gasteiger partial charge in [-0.1, -0.05) is 0 Å². The summed E-state index contributed by atoms with van der Waals surface area (Å²) in [5.74, 6) is -0.0673. The Morgan fingerprint density at radius 2 is 2.37 bits per heavy atom. The van der Waals surface area contributed by atoms with E-state index < -0.39 is 5.97 Å². The third-order valence-corrected chi connectivity index (χ3v) is 3.26. The Morgan fingerprint density at radius 1 is 1.63 bits per heavy atom. The predicted octanol–water partition coefficient (Wildman–Crippen LogP) is 1.19. The molecule has 0 aliphatic carbocycles. The van der Waals surface area contributed by atoms with Gasteiger partial charge in [0.05, 0.1) is 12.3 Å². The van der Waals surface area contributed by atoms with Crippen molar-refractivity contribution in [2.24, 2.45) is 4.99 Å². The first-order valence-electron chi connectivity index (χ1n) is 6.34. The van der Waals surface area contributed by atoms with Crippen LogP contribution >= 0.6 is 0 Å². The van der Waals surface area contributed by atoms with E-state index in [1.807, 2.05) is 6.92 Å². The first-order valence-corrected chi connectivity index (χ1v) is 6.34. The zero-order valence-electron chi connectivity index (χ0n) is 11.3. The fourth-order valence-electron chi connectivity index (χ4n) is 2.24. The molecule has 2 heterocycles. The zero-order valence-corrected chi connectivity index (χ0v) is 11.3. The summed E-state index contributed by atoms with van der Waals surface area (Å²) in [5, 5.41) is 0. The molecule has 2 rings (SSSR count). The molecule has 0 spiro atoms. The quantitative estimate of drug-likeness (QED) is 0.751. The predicted molar refractivity (Wildman–Crippen MR) is 70.9 cm³/mol. The molecule has 1 unspecified atom stereocenters. The number of carbonyl (C=O) groups excluding carboxylic acids is 1. The number of aliphatic imine (C=N–C) groups is 1. The second-order valence-corrected chi connectivity index (χ2v) is 4.45. The lowest BCUT2D eigenvalue weighted by Crippen LogP contribution is -2.37. The molecule has 1 aliphatic rings. The van der Waals surface area contributed by atoms with Crippen LogP contribution in [0.4, 0.5) is 0 Å². The van der Waals surface area contributed by atoms with Crippen molar-refractivity contribution in [3.05, 3.63) is 27.9 Å². The Labute approximate surface area is 111 Å². The molecule has 0 N–H and O–H groups in total. The van der Waals surface area contributed by atoms with E-state index in [4.69, 9.17) is 4.74 Å². The number of carbonyl (C=O) groups is 1. The zero-order chi connectivity index (χ0) is 14.0. The number of hydrogen-bond donors (Lipinski definition) is 0. The maximum atomic E-state index is 12.4. The topological polar surface area (TPSA) is 73.5 Å². The highest BCUT2D eigenvalue weighted by atomic mass is 16.5. The lowest BCUT2D eigenvalue weighted by atomic mass is 10.0. The van der Waals surface area contributed by atoms with Gasteiger partial charge in [-0.15, -0.1) is 0 Å². The van der Waals surface area contributed by atoms with Gasteiger partial charge >= 0.3 is 5.97 Å². The van der Waals surface area contributed by atoms with Crippen molar-refractivity contribution in [3.8, 4) is 0 Å². The number of nitrogens with zero attached hydrogens (tertiary/aromatic N) is 3. The van der Waals surface area contributed by atoms with Crippen LogP contribution in [0.25, 0.3) is 0 Å². The van der Waals surface area contributed by atoms with Crippen molar-refractivity contribution >= 4 is 11.7 Å². The number of rotatable bonds is 2. The SMILES string of the molecule is CCOC(=O)c1cnc2n(c1=O)C(C)CCC2=NC. The molecule has 1 aromatic rings. The van der Waals surface area contributed by atoms with E-state index in [-0.39, 0.29) is 23.8 Å². The summed E-state index contributed by atoms with van der Waals surface area (Å²) >= 11 is 0. The first kappa shape index (κ1) is 13.5. The maximum absolute atomic E-state index is 12.4. The fraction of sp³-hybridized carbons (Fsp3) is 0.538. The highest BCUT2D eigenvalue weighted by Crippen LogP contribution is 2.21. The van der Waals surface area contributed by atoms with Crippen LogP contribution in [-0.2, 0) is 4.74 Å². The number of esters is 1. The molecule has 19 heavy (non-hydrogen) atoms.